The molecule has 23 heavy (non-hydrogen) atoms. The van der Waals surface area contributed by atoms with Gasteiger partial charge < -0.3 is 15.0 Å². The molecular weight excluding hydrogens is 298 g/mol. The number of nitro groups is 1. The first-order valence-corrected chi connectivity index (χ1v) is 7.31. The van der Waals surface area contributed by atoms with Crippen molar-refractivity contribution >= 4 is 22.9 Å². The number of aryl methyl sites for hydroxylation is 1. The molecule has 0 unspecified atom stereocenters. The first-order valence-electron chi connectivity index (χ1n) is 7.31. The summed E-state index contributed by atoms with van der Waals surface area (Å²) in [5.41, 5.74) is 1.52. The molecule has 0 saturated carbocycles. The van der Waals surface area contributed by atoms with Gasteiger partial charge in [0.1, 0.15) is 5.82 Å². The topological polar surface area (TPSA) is 93.4 Å². The van der Waals surface area contributed by atoms with Crippen molar-refractivity contribution in [3.05, 3.63) is 46.4 Å². The molecule has 0 spiro atoms. The zero-order valence-corrected chi connectivity index (χ0v) is 12.7. The lowest BCUT2D eigenvalue weighted by molar-refractivity contribution is -0.384. The Morgan fingerprint density at radius 3 is 2.87 bits per heavy atom. The molecule has 1 aliphatic rings. The van der Waals surface area contributed by atoms with Crippen molar-refractivity contribution in [1.29, 1.82) is 0 Å². The van der Waals surface area contributed by atoms with Gasteiger partial charge in [-0.1, -0.05) is 6.07 Å². The van der Waals surface area contributed by atoms with E-state index in [9.17, 15) is 10.1 Å². The number of ether oxygens (including phenoxy) is 1. The summed E-state index contributed by atoms with van der Waals surface area (Å²) in [7, 11) is 0. The maximum atomic E-state index is 10.9. The van der Waals surface area contributed by atoms with Gasteiger partial charge in [0.25, 0.3) is 5.69 Å². The van der Waals surface area contributed by atoms with Crippen LogP contribution in [0.1, 0.15) is 5.82 Å². The monoisotopic (exact) mass is 315 g/mol. The van der Waals surface area contributed by atoms with Crippen LogP contribution in [0.25, 0.3) is 0 Å². The average Bonchev–Trinajstić information content (AvgIpc) is 2.56. The Kier molecular flexibility index (Phi) is 4.33. The molecule has 120 valence electrons. The summed E-state index contributed by atoms with van der Waals surface area (Å²) in [6.45, 7) is 4.64. The molecule has 1 aliphatic heterocycles. The van der Waals surface area contributed by atoms with Crippen molar-refractivity contribution < 1.29 is 9.66 Å². The number of nitrogens with one attached hydrogen (secondary N) is 1. The third kappa shape index (κ3) is 3.54. The lowest BCUT2D eigenvalue weighted by Gasteiger charge is -2.29. The molecule has 0 radical (unpaired) electrons. The Hall–Kier alpha value is -2.74. The smallest absolute Gasteiger partial charge is 0.271 e. The minimum Gasteiger partial charge on any atom is -0.378 e. The third-order valence-electron chi connectivity index (χ3n) is 3.56. The van der Waals surface area contributed by atoms with Crippen LogP contribution in [0.3, 0.4) is 0 Å². The highest BCUT2D eigenvalue weighted by atomic mass is 16.6. The van der Waals surface area contributed by atoms with Crippen LogP contribution in [-0.2, 0) is 4.74 Å². The number of nitrogens with zero attached hydrogens (tertiary/aromatic N) is 4. The molecule has 1 aromatic heterocycles. The lowest BCUT2D eigenvalue weighted by atomic mass is 10.2. The summed E-state index contributed by atoms with van der Waals surface area (Å²) >= 11 is 0. The van der Waals surface area contributed by atoms with E-state index in [1.165, 1.54) is 12.1 Å². The maximum Gasteiger partial charge on any atom is 0.271 e. The first kappa shape index (κ1) is 15.2. The summed E-state index contributed by atoms with van der Waals surface area (Å²) in [6, 6.07) is 6.36. The largest absolute Gasteiger partial charge is 0.378 e. The lowest BCUT2D eigenvalue weighted by Crippen LogP contribution is -2.36. The molecule has 3 rings (SSSR count). The molecule has 1 fully saturated rings. The second-order valence-electron chi connectivity index (χ2n) is 5.18. The number of anilines is 3. The van der Waals surface area contributed by atoms with Crippen molar-refractivity contribution in [3.63, 3.8) is 0 Å². The van der Waals surface area contributed by atoms with Gasteiger partial charge >= 0.3 is 0 Å². The fourth-order valence-electron chi connectivity index (χ4n) is 2.43. The minimum atomic E-state index is -0.417. The number of benzene rings is 1. The third-order valence-corrected chi connectivity index (χ3v) is 3.56. The van der Waals surface area contributed by atoms with Crippen molar-refractivity contribution in [2.24, 2.45) is 0 Å². The summed E-state index contributed by atoms with van der Waals surface area (Å²) < 4.78 is 5.37. The molecule has 2 heterocycles. The predicted octanol–water partition coefficient (Wildman–Crippen LogP) is 2.27. The number of morpholine rings is 1. The molecule has 8 heteroatoms. The summed E-state index contributed by atoms with van der Waals surface area (Å²) in [6.07, 6.45) is 1.77. The van der Waals surface area contributed by atoms with Gasteiger partial charge in [-0.3, -0.25) is 10.1 Å². The first-order chi connectivity index (χ1) is 11.1. The SMILES string of the molecule is Cc1ncc(N2CCOCC2)c(Nc2cccc([N+](=O)[O-])c2)n1. The Bertz CT molecular complexity index is 716. The van der Waals surface area contributed by atoms with Crippen molar-refractivity contribution in [1.82, 2.24) is 9.97 Å². The van der Waals surface area contributed by atoms with Crippen LogP contribution >= 0.6 is 0 Å². The van der Waals surface area contributed by atoms with E-state index < -0.39 is 4.92 Å². The molecule has 1 N–H and O–H groups in total. The number of hydrogen-bond acceptors (Lipinski definition) is 7. The Labute approximate surface area is 133 Å². The van der Waals surface area contributed by atoms with Gasteiger partial charge in [-0.05, 0) is 13.0 Å². The highest BCUT2D eigenvalue weighted by Gasteiger charge is 2.17. The van der Waals surface area contributed by atoms with Crippen LogP contribution < -0.4 is 10.2 Å². The Morgan fingerprint density at radius 2 is 2.13 bits per heavy atom. The van der Waals surface area contributed by atoms with Crippen molar-refractivity contribution in [2.45, 2.75) is 6.92 Å². The van der Waals surface area contributed by atoms with Crippen LogP contribution in [0.2, 0.25) is 0 Å². The van der Waals surface area contributed by atoms with E-state index in [0.29, 0.717) is 30.5 Å². The van der Waals surface area contributed by atoms with Crippen LogP contribution in [0.15, 0.2) is 30.5 Å². The molecule has 8 nitrogen and oxygen atoms in total. The van der Waals surface area contributed by atoms with Gasteiger partial charge in [0, 0.05) is 30.9 Å². The number of non-ortho nitro benzene ring substituents is 1. The molecule has 0 amide bonds. The van der Waals surface area contributed by atoms with Gasteiger partial charge in [-0.2, -0.15) is 0 Å². The molecule has 0 aliphatic carbocycles. The van der Waals surface area contributed by atoms with Crippen LogP contribution in [0.4, 0.5) is 22.9 Å². The average molecular weight is 315 g/mol. The van der Waals surface area contributed by atoms with Gasteiger partial charge in [0.2, 0.25) is 0 Å². The molecule has 1 aromatic carbocycles. The summed E-state index contributed by atoms with van der Waals surface area (Å²) in [4.78, 5) is 21.3. The summed E-state index contributed by atoms with van der Waals surface area (Å²) in [5, 5.41) is 14.1. The zero-order chi connectivity index (χ0) is 16.2. The van der Waals surface area contributed by atoms with E-state index >= 15 is 0 Å². The number of nitro benzene ring substituents is 1. The van der Waals surface area contributed by atoms with Crippen LogP contribution in [0, 0.1) is 17.0 Å². The van der Waals surface area contributed by atoms with E-state index in [2.05, 4.69) is 20.2 Å². The minimum absolute atomic E-state index is 0.0358. The zero-order valence-electron chi connectivity index (χ0n) is 12.7. The summed E-state index contributed by atoms with van der Waals surface area (Å²) in [5.74, 6) is 1.27. The molecule has 0 bridgehead atoms. The van der Waals surface area contributed by atoms with E-state index in [-0.39, 0.29) is 5.69 Å². The van der Waals surface area contributed by atoms with Gasteiger partial charge in [-0.15, -0.1) is 0 Å². The quantitative estimate of drug-likeness (QED) is 0.683. The fourth-order valence-corrected chi connectivity index (χ4v) is 2.43. The molecule has 0 atom stereocenters. The molecular formula is C15H17N5O3. The van der Waals surface area contributed by atoms with Crippen molar-refractivity contribution in [2.75, 3.05) is 36.5 Å². The van der Waals surface area contributed by atoms with E-state index in [1.54, 1.807) is 18.3 Å². The molecule has 2 aromatic rings. The second kappa shape index (κ2) is 6.57. The van der Waals surface area contributed by atoms with Crippen molar-refractivity contribution in [3.8, 4) is 0 Å². The van der Waals surface area contributed by atoms with Crippen LogP contribution in [-0.4, -0.2) is 41.2 Å². The number of rotatable bonds is 4. The second-order valence-corrected chi connectivity index (χ2v) is 5.18. The van der Waals surface area contributed by atoms with E-state index in [1.807, 2.05) is 6.92 Å². The number of aromatic nitrogens is 2. The normalized spacial score (nSPS) is 14.6. The van der Waals surface area contributed by atoms with E-state index in [4.69, 9.17) is 4.74 Å². The standard InChI is InChI=1S/C15H17N5O3/c1-11-16-10-14(19-5-7-23-8-6-19)15(17-11)18-12-3-2-4-13(9-12)20(21)22/h2-4,9-10H,5-8H2,1H3,(H,16,17,18). The maximum absolute atomic E-state index is 10.9. The Morgan fingerprint density at radius 1 is 1.35 bits per heavy atom. The highest BCUT2D eigenvalue weighted by molar-refractivity contribution is 5.72. The predicted molar refractivity (Wildman–Crippen MR) is 86.2 cm³/mol. The van der Waals surface area contributed by atoms with E-state index in [0.717, 1.165) is 18.8 Å². The van der Waals surface area contributed by atoms with Gasteiger partial charge in [0.15, 0.2) is 5.82 Å². The highest BCUT2D eigenvalue weighted by Crippen LogP contribution is 2.28. The van der Waals surface area contributed by atoms with Gasteiger partial charge in [0.05, 0.1) is 30.0 Å². The molecule has 1 saturated heterocycles. The van der Waals surface area contributed by atoms with Crippen LogP contribution in [0.5, 0.6) is 0 Å². The van der Waals surface area contributed by atoms with Gasteiger partial charge in [-0.25, -0.2) is 9.97 Å². The number of hydrogen-bond donors (Lipinski definition) is 1. The fraction of sp³-hybridized carbons (Fsp3) is 0.333. The Balaban J connectivity index is 1.90.